The molecule has 0 rings (SSSR count). The van der Waals surface area contributed by atoms with E-state index < -0.39 is 0 Å². The van der Waals surface area contributed by atoms with E-state index in [1.54, 1.807) is 6.92 Å². The molecule has 0 aliphatic carbocycles. The summed E-state index contributed by atoms with van der Waals surface area (Å²) in [5.41, 5.74) is 0. The van der Waals surface area contributed by atoms with Gasteiger partial charge in [-0.15, -0.1) is 0 Å². The van der Waals surface area contributed by atoms with Crippen molar-refractivity contribution in [3.63, 3.8) is 0 Å². The number of carbonyl (C=O) groups excluding carboxylic acids is 1. The van der Waals surface area contributed by atoms with Gasteiger partial charge in [0.25, 0.3) is 0 Å². The average Bonchev–Trinajstić information content (AvgIpc) is 1.87. The van der Waals surface area contributed by atoms with Crippen LogP contribution >= 0.6 is 0 Å². The molecule has 0 radical (unpaired) electrons. The third-order valence-corrected chi connectivity index (χ3v) is 1.21. The molecule has 2 heteroatoms. The molecule has 0 aliphatic heterocycles. The summed E-state index contributed by atoms with van der Waals surface area (Å²) in [5, 5.41) is 0. The minimum atomic E-state index is -0.211. The van der Waals surface area contributed by atoms with Crippen molar-refractivity contribution in [2.45, 2.75) is 47.5 Å². The molecule has 0 aliphatic rings. The molecule has 0 heterocycles. The Morgan fingerprint density at radius 2 is 1.83 bits per heavy atom. The summed E-state index contributed by atoms with van der Waals surface area (Å²) in [4.78, 5) is 9.82. The maximum Gasteiger partial charge on any atom is 0.302 e. The molecule has 0 amide bonds. The van der Waals surface area contributed by atoms with Gasteiger partial charge in [0.2, 0.25) is 0 Å². The minimum Gasteiger partial charge on any atom is -0.466 e. The molecule has 0 aromatic heterocycles. The maximum absolute atomic E-state index is 9.82. The van der Waals surface area contributed by atoms with Crippen LogP contribution in [-0.4, -0.2) is 12.6 Å². The topological polar surface area (TPSA) is 26.3 Å². The van der Waals surface area contributed by atoms with Crippen molar-refractivity contribution in [3.8, 4) is 0 Å². The lowest BCUT2D eigenvalue weighted by Crippen LogP contribution is -1.95. The predicted octanol–water partition coefficient (Wildman–Crippen LogP) is 3.01. The molecule has 2 nitrogen and oxygen atoms in total. The Morgan fingerprint density at radius 1 is 1.33 bits per heavy atom. The zero-order valence-corrected chi connectivity index (χ0v) is 9.02. The van der Waals surface area contributed by atoms with Gasteiger partial charge in [0.1, 0.15) is 0 Å². The lowest BCUT2D eigenvalue weighted by molar-refractivity contribution is -0.140. The van der Waals surface area contributed by atoms with Gasteiger partial charge in [0, 0.05) is 6.92 Å². The number of ether oxygens (including phenoxy) is 1. The Labute approximate surface area is 76.3 Å². The molecule has 12 heavy (non-hydrogen) atoms. The minimum absolute atomic E-state index is 0.211. The number of carbonyl (C=O) groups is 1. The monoisotopic (exact) mass is 174 g/mol. The van der Waals surface area contributed by atoms with Gasteiger partial charge in [-0.05, 0) is 12.8 Å². The van der Waals surface area contributed by atoms with Crippen LogP contribution in [0.1, 0.15) is 47.5 Å². The lowest BCUT2D eigenvalue weighted by Gasteiger charge is -1.95. The van der Waals surface area contributed by atoms with Crippen molar-refractivity contribution >= 4 is 5.97 Å². The maximum atomic E-state index is 9.82. The molecular weight excluding hydrogens is 152 g/mol. The summed E-state index contributed by atoms with van der Waals surface area (Å²) in [5.74, 6) is 0.688. The van der Waals surface area contributed by atoms with E-state index in [1.807, 2.05) is 0 Å². The van der Waals surface area contributed by atoms with E-state index in [1.165, 1.54) is 19.8 Å². The standard InChI is InChI=1S/C6H14.C4H8O2/c1-4-5-6(2)3;1-3-6-4(2)5/h6H,4-5H2,1-3H3;3H2,1-2H3. The van der Waals surface area contributed by atoms with Crippen LogP contribution in [0, 0.1) is 5.92 Å². The molecule has 0 aromatic carbocycles. The summed E-state index contributed by atoms with van der Waals surface area (Å²) in [7, 11) is 0. The summed E-state index contributed by atoms with van der Waals surface area (Å²) < 4.78 is 4.40. The molecule has 0 atom stereocenters. The SMILES string of the molecule is CCCC(C)C.CCOC(C)=O. The Bertz CT molecular complexity index is 98.0. The van der Waals surface area contributed by atoms with Crippen LogP contribution < -0.4 is 0 Å². The van der Waals surface area contributed by atoms with Gasteiger partial charge in [-0.3, -0.25) is 4.79 Å². The molecule has 0 N–H and O–H groups in total. The Morgan fingerprint density at radius 3 is 1.83 bits per heavy atom. The quantitative estimate of drug-likeness (QED) is 0.615. The van der Waals surface area contributed by atoms with Crippen molar-refractivity contribution < 1.29 is 9.53 Å². The van der Waals surface area contributed by atoms with E-state index in [0.717, 1.165) is 5.92 Å². The van der Waals surface area contributed by atoms with Gasteiger partial charge in [-0.1, -0.05) is 33.6 Å². The van der Waals surface area contributed by atoms with Crippen LogP contribution in [-0.2, 0) is 9.53 Å². The molecular formula is C10H22O2. The largest absolute Gasteiger partial charge is 0.466 e. The third kappa shape index (κ3) is 22.7. The van der Waals surface area contributed by atoms with E-state index in [-0.39, 0.29) is 5.97 Å². The normalized spacial score (nSPS) is 8.83. The third-order valence-electron chi connectivity index (χ3n) is 1.21. The van der Waals surface area contributed by atoms with E-state index in [9.17, 15) is 4.79 Å². The van der Waals surface area contributed by atoms with Crippen LogP contribution in [0.2, 0.25) is 0 Å². The Hall–Kier alpha value is -0.530. The zero-order chi connectivity index (χ0) is 9.98. The van der Waals surface area contributed by atoms with Crippen LogP contribution in [0.3, 0.4) is 0 Å². The van der Waals surface area contributed by atoms with Crippen molar-refractivity contribution in [1.29, 1.82) is 0 Å². The van der Waals surface area contributed by atoms with E-state index in [2.05, 4.69) is 25.5 Å². The van der Waals surface area contributed by atoms with Gasteiger partial charge in [0.05, 0.1) is 6.61 Å². The first-order valence-electron chi connectivity index (χ1n) is 4.67. The van der Waals surface area contributed by atoms with Crippen LogP contribution in [0.15, 0.2) is 0 Å². The highest BCUT2D eigenvalue weighted by atomic mass is 16.5. The van der Waals surface area contributed by atoms with Crippen LogP contribution in [0.4, 0.5) is 0 Å². The smallest absolute Gasteiger partial charge is 0.302 e. The summed E-state index contributed by atoms with van der Waals surface area (Å²) in [6, 6.07) is 0. The second-order valence-electron chi connectivity index (χ2n) is 3.11. The van der Waals surface area contributed by atoms with Gasteiger partial charge in [-0.2, -0.15) is 0 Å². The van der Waals surface area contributed by atoms with Crippen molar-refractivity contribution in [1.82, 2.24) is 0 Å². The Balaban J connectivity index is 0. The number of esters is 1. The second-order valence-corrected chi connectivity index (χ2v) is 3.11. The first-order valence-corrected chi connectivity index (χ1v) is 4.67. The predicted molar refractivity (Wildman–Crippen MR) is 52.1 cm³/mol. The highest BCUT2D eigenvalue weighted by molar-refractivity contribution is 5.65. The fourth-order valence-corrected chi connectivity index (χ4v) is 0.781. The average molecular weight is 174 g/mol. The number of rotatable bonds is 3. The summed E-state index contributed by atoms with van der Waals surface area (Å²) in [6.07, 6.45) is 2.71. The van der Waals surface area contributed by atoms with E-state index >= 15 is 0 Å². The molecule has 0 bridgehead atoms. The van der Waals surface area contributed by atoms with Crippen molar-refractivity contribution in [3.05, 3.63) is 0 Å². The van der Waals surface area contributed by atoms with Crippen molar-refractivity contribution in [2.75, 3.05) is 6.61 Å². The van der Waals surface area contributed by atoms with Gasteiger partial charge in [0.15, 0.2) is 0 Å². The molecule has 0 saturated carbocycles. The first kappa shape index (κ1) is 14.0. The molecule has 0 unspecified atom stereocenters. The Kier molecular flexibility index (Phi) is 12.2. The molecule has 0 fully saturated rings. The number of hydrogen-bond acceptors (Lipinski definition) is 2. The van der Waals surface area contributed by atoms with Gasteiger partial charge < -0.3 is 4.74 Å². The summed E-state index contributed by atoms with van der Waals surface area (Å²) >= 11 is 0. The fourth-order valence-electron chi connectivity index (χ4n) is 0.781. The second kappa shape index (κ2) is 10.5. The highest BCUT2D eigenvalue weighted by Crippen LogP contribution is 2.00. The van der Waals surface area contributed by atoms with Gasteiger partial charge >= 0.3 is 5.97 Å². The van der Waals surface area contributed by atoms with Crippen LogP contribution in [0.5, 0.6) is 0 Å². The van der Waals surface area contributed by atoms with Gasteiger partial charge in [-0.25, -0.2) is 0 Å². The fraction of sp³-hybridized carbons (Fsp3) is 0.900. The van der Waals surface area contributed by atoms with E-state index in [4.69, 9.17) is 0 Å². The lowest BCUT2D eigenvalue weighted by atomic mass is 10.1. The molecule has 74 valence electrons. The molecule has 0 spiro atoms. The zero-order valence-electron chi connectivity index (χ0n) is 9.02. The van der Waals surface area contributed by atoms with E-state index in [0.29, 0.717) is 6.61 Å². The van der Waals surface area contributed by atoms with Crippen molar-refractivity contribution in [2.24, 2.45) is 5.92 Å². The first-order chi connectivity index (χ1) is 5.54. The molecule has 0 aromatic rings. The van der Waals surface area contributed by atoms with Crippen LogP contribution in [0.25, 0.3) is 0 Å². The number of hydrogen-bond donors (Lipinski definition) is 0. The summed E-state index contributed by atoms with van der Waals surface area (Å²) in [6.45, 7) is 10.4. The molecule has 0 saturated heterocycles. The highest BCUT2D eigenvalue weighted by Gasteiger charge is 1.85.